The quantitative estimate of drug-likeness (QED) is 0.106. The molecular weight excluding hydrogens is 889 g/mol. The molecule has 0 aliphatic heterocycles. The van der Waals surface area contributed by atoms with Gasteiger partial charge in [-0.3, -0.25) is 9.59 Å². The topological polar surface area (TPSA) is 103 Å². The first-order chi connectivity index (χ1) is 35.3. The number of hydrogen-bond donors (Lipinski definition) is 2. The van der Waals surface area contributed by atoms with Crippen molar-refractivity contribution in [3.8, 4) is 22.3 Å². The number of benzene rings is 8. The average Bonchev–Trinajstić information content (AvgIpc) is 4.05. The number of nitrogens with zero attached hydrogens (tertiary/aromatic N) is 6. The van der Waals surface area contributed by atoms with Gasteiger partial charge in [0.05, 0.1) is 59.9 Å². The van der Waals surface area contributed by atoms with Crippen LogP contribution in [-0.4, -0.2) is 30.9 Å². The van der Waals surface area contributed by atoms with Crippen molar-refractivity contribution in [1.82, 2.24) is 29.7 Å². The highest BCUT2D eigenvalue weighted by Crippen LogP contribution is 2.32. The Kier molecular flexibility index (Phi) is 14.8. The summed E-state index contributed by atoms with van der Waals surface area (Å²) in [4.78, 5) is 42.4. The van der Waals surface area contributed by atoms with Crippen molar-refractivity contribution in [2.24, 2.45) is 0 Å². The third-order valence-electron chi connectivity index (χ3n) is 12.9. The minimum absolute atomic E-state index is 0.0309. The molecule has 10 heteroatoms. The van der Waals surface area contributed by atoms with Gasteiger partial charge in [-0.05, 0) is 93.7 Å². The Morgan fingerprint density at radius 1 is 0.486 bits per heavy atom. The van der Waals surface area contributed by atoms with Gasteiger partial charge in [-0.1, -0.05) is 172 Å². The summed E-state index contributed by atoms with van der Waals surface area (Å²) in [5.41, 5.74) is 14.4. The Bertz CT molecular complexity index is 3570. The molecule has 10 nitrogen and oxygen atoms in total. The molecule has 8 aromatic carbocycles. The lowest BCUT2D eigenvalue weighted by Gasteiger charge is -2.17. The fourth-order valence-corrected chi connectivity index (χ4v) is 8.95. The average molecular weight is 941 g/mol. The molecule has 10 aromatic rings. The van der Waals surface area contributed by atoms with Gasteiger partial charge in [0.2, 0.25) is 0 Å². The highest BCUT2D eigenvalue weighted by Gasteiger charge is 2.18. The zero-order valence-corrected chi connectivity index (χ0v) is 40.1. The van der Waals surface area contributed by atoms with Crippen molar-refractivity contribution < 1.29 is 9.59 Å². The molecule has 2 unspecified atom stereocenters. The van der Waals surface area contributed by atoms with Gasteiger partial charge < -0.3 is 19.8 Å². The molecule has 2 atom stereocenters. The first-order valence-corrected chi connectivity index (χ1v) is 24.0. The minimum atomic E-state index is -0.0996. The Balaban J connectivity index is 0.000000178. The van der Waals surface area contributed by atoms with Crippen LogP contribution in [0.25, 0.3) is 54.0 Å². The minimum Gasteiger partial charge on any atom is -0.345 e. The van der Waals surface area contributed by atoms with Crippen molar-refractivity contribution >= 4 is 45.3 Å². The van der Waals surface area contributed by atoms with Crippen molar-refractivity contribution in [3.63, 3.8) is 0 Å². The lowest BCUT2D eigenvalue weighted by atomic mass is 10.0. The molecular formula is C62H52N8O2. The first kappa shape index (κ1) is 47.7. The molecule has 0 spiro atoms. The van der Waals surface area contributed by atoms with Gasteiger partial charge in [-0.15, -0.1) is 0 Å². The number of para-hydroxylation sites is 2. The van der Waals surface area contributed by atoms with Crippen LogP contribution >= 0.6 is 0 Å². The molecule has 72 heavy (non-hydrogen) atoms. The van der Waals surface area contributed by atoms with E-state index in [1.165, 1.54) is 0 Å². The van der Waals surface area contributed by atoms with E-state index in [1.54, 1.807) is 0 Å². The number of rotatable bonds is 14. The van der Waals surface area contributed by atoms with E-state index in [2.05, 4.69) is 89.7 Å². The van der Waals surface area contributed by atoms with E-state index in [4.69, 9.17) is 13.1 Å². The molecule has 0 radical (unpaired) electrons. The third kappa shape index (κ3) is 10.9. The summed E-state index contributed by atoms with van der Waals surface area (Å²) in [5, 5.41) is 6.31. The molecule has 0 aliphatic carbocycles. The van der Waals surface area contributed by atoms with Crippen molar-refractivity contribution in [2.75, 3.05) is 0 Å². The van der Waals surface area contributed by atoms with E-state index in [0.29, 0.717) is 35.6 Å². The largest absolute Gasteiger partial charge is 0.345 e. The Hall–Kier alpha value is -9.38. The Morgan fingerprint density at radius 2 is 0.917 bits per heavy atom. The number of carbonyl (C=O) groups excluding carboxylic acids is 2. The number of aromatic nitrogens is 4. The van der Waals surface area contributed by atoms with Gasteiger partial charge in [0.25, 0.3) is 11.8 Å². The van der Waals surface area contributed by atoms with Crippen LogP contribution in [0.1, 0.15) is 81.7 Å². The van der Waals surface area contributed by atoms with Crippen LogP contribution in [0.3, 0.4) is 0 Å². The van der Waals surface area contributed by atoms with Gasteiger partial charge in [0.15, 0.2) is 11.4 Å². The molecule has 0 aliphatic rings. The first-order valence-electron chi connectivity index (χ1n) is 24.0. The molecule has 352 valence electrons. The van der Waals surface area contributed by atoms with Crippen molar-refractivity contribution in [2.45, 2.75) is 51.9 Å². The zero-order chi connectivity index (χ0) is 49.8. The van der Waals surface area contributed by atoms with Gasteiger partial charge in [0, 0.05) is 24.2 Å². The maximum Gasteiger partial charge on any atom is 0.251 e. The van der Waals surface area contributed by atoms with E-state index in [-0.39, 0.29) is 23.9 Å². The molecule has 0 bridgehead atoms. The van der Waals surface area contributed by atoms with E-state index >= 15 is 0 Å². The van der Waals surface area contributed by atoms with E-state index < -0.39 is 0 Å². The predicted octanol–water partition coefficient (Wildman–Crippen LogP) is 14.4. The zero-order valence-electron chi connectivity index (χ0n) is 40.1. The summed E-state index contributed by atoms with van der Waals surface area (Å²) < 4.78 is 4.14. The monoisotopic (exact) mass is 940 g/mol. The second kappa shape index (κ2) is 22.4. The number of carbonyl (C=O) groups is 2. The third-order valence-corrected chi connectivity index (χ3v) is 12.9. The molecule has 2 amide bonds. The number of imidazole rings is 2. The second-order valence-corrected chi connectivity index (χ2v) is 17.5. The summed E-state index contributed by atoms with van der Waals surface area (Å²) in [6.07, 6.45) is 5.25. The fourth-order valence-electron chi connectivity index (χ4n) is 8.95. The Morgan fingerprint density at radius 3 is 1.40 bits per heavy atom. The fraction of sp³-hybridized carbons (Fsp3) is 0.129. The van der Waals surface area contributed by atoms with Crippen LogP contribution in [-0.2, 0) is 13.1 Å². The highest BCUT2D eigenvalue weighted by atomic mass is 16.2. The lowest BCUT2D eigenvalue weighted by Crippen LogP contribution is -2.28. The van der Waals surface area contributed by atoms with Crippen LogP contribution in [0.5, 0.6) is 0 Å². The van der Waals surface area contributed by atoms with Crippen LogP contribution in [0.15, 0.2) is 207 Å². The van der Waals surface area contributed by atoms with Gasteiger partial charge in [0.1, 0.15) is 0 Å². The molecule has 2 heterocycles. The number of hydrogen-bond acceptors (Lipinski definition) is 4. The van der Waals surface area contributed by atoms with Gasteiger partial charge in [-0.2, -0.15) is 0 Å². The SMILES string of the molecule is [C-]#[N+]c1ccccc1-c1ccc(Cn2cnc3cc(C(=O)NC(CC)c4ccccc4)ccc32)cc1.[C-]#[N+]c1ccccc1-c1ccc(Cn2cnc3ccc(C(=O)NC(CC)c4ccccc4)cc32)cc1. The van der Waals surface area contributed by atoms with E-state index in [9.17, 15) is 9.59 Å². The van der Waals surface area contributed by atoms with E-state index in [0.717, 1.165) is 79.4 Å². The van der Waals surface area contributed by atoms with Crippen LogP contribution < -0.4 is 10.6 Å². The normalized spacial score (nSPS) is 11.7. The summed E-state index contributed by atoms with van der Waals surface area (Å²) in [6.45, 7) is 20.2. The van der Waals surface area contributed by atoms with E-state index in [1.807, 2.05) is 170 Å². The van der Waals surface area contributed by atoms with Crippen LogP contribution in [0.4, 0.5) is 11.4 Å². The molecule has 2 N–H and O–H groups in total. The number of amides is 2. The predicted molar refractivity (Wildman–Crippen MR) is 288 cm³/mol. The molecule has 10 rings (SSSR count). The van der Waals surface area contributed by atoms with Crippen LogP contribution in [0, 0.1) is 13.1 Å². The standard InChI is InChI=1S/2C31H26N4O/c1-3-27(24-9-5-4-6-10-24)34-31(36)25-17-18-30-29(19-25)33-21-35(30)20-22-13-15-23(16-14-22)26-11-7-8-12-28(26)32-2;1-3-27(24-9-5-4-6-10-24)34-31(36)25-17-18-29-30(19-25)35(21-33-29)20-22-13-15-23(16-14-22)26-11-7-8-12-28(26)32-2/h2*4-19,21,27H,3,20H2,1H3,(H,34,36). The summed E-state index contributed by atoms with van der Waals surface area (Å²) in [5.74, 6) is -0.194. The maximum absolute atomic E-state index is 13.1. The second-order valence-electron chi connectivity index (χ2n) is 17.5. The smallest absolute Gasteiger partial charge is 0.251 e. The maximum atomic E-state index is 13.1. The number of fused-ring (bicyclic) bond motifs is 2. The molecule has 0 saturated heterocycles. The summed E-state index contributed by atoms with van der Waals surface area (Å²) in [6, 6.07) is 63.1. The number of nitrogens with one attached hydrogen (secondary N) is 2. The molecule has 0 fully saturated rings. The van der Waals surface area contributed by atoms with Gasteiger partial charge in [-0.25, -0.2) is 19.7 Å². The van der Waals surface area contributed by atoms with Gasteiger partial charge >= 0.3 is 0 Å². The summed E-state index contributed by atoms with van der Waals surface area (Å²) >= 11 is 0. The lowest BCUT2D eigenvalue weighted by molar-refractivity contribution is 0.0927. The Labute approximate surface area is 419 Å². The molecule has 2 aromatic heterocycles. The van der Waals surface area contributed by atoms with Crippen LogP contribution in [0.2, 0.25) is 0 Å². The van der Waals surface area contributed by atoms with Crippen molar-refractivity contribution in [1.29, 1.82) is 0 Å². The molecule has 0 saturated carbocycles. The highest BCUT2D eigenvalue weighted by molar-refractivity contribution is 5.98. The summed E-state index contributed by atoms with van der Waals surface area (Å²) in [7, 11) is 0. The van der Waals surface area contributed by atoms with Crippen molar-refractivity contribution in [3.05, 3.63) is 263 Å².